The number of allylic oxidation sites excluding steroid dienone is 2. The number of rotatable bonds is 4. The van der Waals surface area contributed by atoms with Crippen LogP contribution in [0.25, 0.3) is 6.08 Å². The topological polar surface area (TPSA) is 52.4 Å². The maximum atomic E-state index is 11.4. The SMILES string of the molecule is COc1ccc(/C=C(\C2=C\CCCCCC2)[N+](=O)[O-])cc1. The molecular formula is C17H21NO3. The number of methoxy groups -OCH3 is 1. The van der Waals surface area contributed by atoms with Crippen molar-refractivity contribution in [1.82, 2.24) is 0 Å². The lowest BCUT2D eigenvalue weighted by atomic mass is 9.97. The zero-order valence-corrected chi connectivity index (χ0v) is 12.4. The third-order valence-electron chi connectivity index (χ3n) is 3.74. The van der Waals surface area contributed by atoms with Crippen molar-refractivity contribution in [3.05, 3.63) is 57.3 Å². The van der Waals surface area contributed by atoms with E-state index in [0.29, 0.717) is 0 Å². The van der Waals surface area contributed by atoms with E-state index >= 15 is 0 Å². The van der Waals surface area contributed by atoms with Crippen molar-refractivity contribution in [3.8, 4) is 5.75 Å². The predicted molar refractivity (Wildman–Crippen MR) is 83.8 cm³/mol. The van der Waals surface area contributed by atoms with E-state index in [2.05, 4.69) is 0 Å². The highest BCUT2D eigenvalue weighted by atomic mass is 16.6. The van der Waals surface area contributed by atoms with Gasteiger partial charge in [0, 0.05) is 11.6 Å². The highest BCUT2D eigenvalue weighted by molar-refractivity contribution is 5.56. The largest absolute Gasteiger partial charge is 0.497 e. The van der Waals surface area contributed by atoms with Gasteiger partial charge in [-0.15, -0.1) is 0 Å². The van der Waals surface area contributed by atoms with E-state index < -0.39 is 0 Å². The van der Waals surface area contributed by atoms with Crippen LogP contribution in [0.1, 0.15) is 44.1 Å². The van der Waals surface area contributed by atoms with E-state index in [-0.39, 0.29) is 10.6 Å². The first kappa shape index (κ1) is 15.3. The Balaban J connectivity index is 2.27. The molecule has 0 aliphatic heterocycles. The van der Waals surface area contributed by atoms with Gasteiger partial charge in [-0.05, 0) is 43.4 Å². The Labute approximate surface area is 125 Å². The number of hydrogen-bond donors (Lipinski definition) is 0. The maximum absolute atomic E-state index is 11.4. The smallest absolute Gasteiger partial charge is 0.272 e. The molecule has 0 bridgehead atoms. The fraction of sp³-hybridized carbons (Fsp3) is 0.412. The normalized spacial score (nSPS) is 19.1. The van der Waals surface area contributed by atoms with E-state index in [4.69, 9.17) is 4.74 Å². The van der Waals surface area contributed by atoms with E-state index in [1.807, 2.05) is 30.3 Å². The van der Waals surface area contributed by atoms with E-state index in [1.165, 1.54) is 6.42 Å². The molecule has 0 spiro atoms. The second-order valence-electron chi connectivity index (χ2n) is 5.24. The van der Waals surface area contributed by atoms with Gasteiger partial charge < -0.3 is 4.74 Å². The van der Waals surface area contributed by atoms with Crippen LogP contribution in [0.2, 0.25) is 0 Å². The molecule has 0 unspecified atom stereocenters. The van der Waals surface area contributed by atoms with Crippen molar-refractivity contribution in [2.24, 2.45) is 0 Å². The molecule has 1 aromatic rings. The quantitative estimate of drug-likeness (QED) is 0.601. The van der Waals surface area contributed by atoms with Crippen LogP contribution in [0.15, 0.2) is 41.6 Å². The van der Waals surface area contributed by atoms with Gasteiger partial charge in [0.1, 0.15) is 5.75 Å². The second-order valence-corrected chi connectivity index (χ2v) is 5.24. The van der Waals surface area contributed by atoms with Gasteiger partial charge in [-0.2, -0.15) is 0 Å². The molecule has 1 aliphatic carbocycles. The van der Waals surface area contributed by atoms with Crippen LogP contribution in [0.5, 0.6) is 5.75 Å². The highest BCUT2D eigenvalue weighted by Gasteiger charge is 2.18. The van der Waals surface area contributed by atoms with Gasteiger partial charge in [0.2, 0.25) is 0 Å². The fourth-order valence-corrected chi connectivity index (χ4v) is 2.54. The summed E-state index contributed by atoms with van der Waals surface area (Å²) in [4.78, 5) is 11.1. The van der Waals surface area contributed by atoms with Crippen molar-refractivity contribution in [1.29, 1.82) is 0 Å². The Morgan fingerprint density at radius 2 is 1.90 bits per heavy atom. The molecule has 21 heavy (non-hydrogen) atoms. The molecule has 0 N–H and O–H groups in total. The Kier molecular flexibility index (Phi) is 5.55. The first-order valence-electron chi connectivity index (χ1n) is 7.40. The molecule has 112 valence electrons. The van der Waals surface area contributed by atoms with Gasteiger partial charge in [-0.1, -0.05) is 31.1 Å². The van der Waals surface area contributed by atoms with Gasteiger partial charge in [0.25, 0.3) is 5.70 Å². The Bertz CT molecular complexity index is 544. The standard InChI is InChI=1S/C17H21NO3/c1-21-16-11-9-14(10-12-16)13-17(18(19)20)15-7-5-3-2-4-6-8-15/h7,9-13H,2-6,8H2,1H3/b15-7+,17-13+. The molecule has 0 saturated heterocycles. The molecular weight excluding hydrogens is 266 g/mol. The predicted octanol–water partition coefficient (Wildman–Crippen LogP) is 4.59. The molecule has 4 heteroatoms. The van der Waals surface area contributed by atoms with Gasteiger partial charge in [-0.3, -0.25) is 10.1 Å². The fourth-order valence-electron chi connectivity index (χ4n) is 2.54. The first-order chi connectivity index (χ1) is 10.2. The van der Waals surface area contributed by atoms with Crippen LogP contribution in [-0.4, -0.2) is 12.0 Å². The summed E-state index contributed by atoms with van der Waals surface area (Å²) in [6.45, 7) is 0. The van der Waals surface area contributed by atoms with Crippen molar-refractivity contribution in [3.63, 3.8) is 0 Å². The van der Waals surface area contributed by atoms with Crippen molar-refractivity contribution < 1.29 is 9.66 Å². The Hall–Kier alpha value is -2.10. The van der Waals surface area contributed by atoms with Crippen LogP contribution in [0.4, 0.5) is 0 Å². The minimum atomic E-state index is -0.266. The van der Waals surface area contributed by atoms with E-state index in [1.54, 1.807) is 13.2 Å². The van der Waals surface area contributed by atoms with Crippen LogP contribution in [0, 0.1) is 10.1 Å². The first-order valence-corrected chi connectivity index (χ1v) is 7.40. The van der Waals surface area contributed by atoms with Gasteiger partial charge in [-0.25, -0.2) is 0 Å². The number of benzene rings is 1. The monoisotopic (exact) mass is 287 g/mol. The summed E-state index contributed by atoms with van der Waals surface area (Å²) < 4.78 is 5.10. The lowest BCUT2D eigenvalue weighted by Crippen LogP contribution is -2.04. The third kappa shape index (κ3) is 4.45. The molecule has 0 fully saturated rings. The van der Waals surface area contributed by atoms with Gasteiger partial charge >= 0.3 is 0 Å². The molecule has 0 atom stereocenters. The molecule has 2 rings (SSSR count). The van der Waals surface area contributed by atoms with Crippen molar-refractivity contribution in [2.75, 3.05) is 7.11 Å². The van der Waals surface area contributed by atoms with E-state index in [0.717, 1.165) is 49.0 Å². The zero-order chi connectivity index (χ0) is 15.1. The number of hydrogen-bond acceptors (Lipinski definition) is 3. The van der Waals surface area contributed by atoms with Crippen LogP contribution < -0.4 is 4.74 Å². The lowest BCUT2D eigenvalue weighted by Gasteiger charge is -2.09. The molecule has 0 saturated carbocycles. The highest BCUT2D eigenvalue weighted by Crippen LogP contribution is 2.25. The zero-order valence-electron chi connectivity index (χ0n) is 12.4. The summed E-state index contributed by atoms with van der Waals surface area (Å²) in [6.07, 6.45) is 9.96. The van der Waals surface area contributed by atoms with Crippen LogP contribution in [0.3, 0.4) is 0 Å². The minimum absolute atomic E-state index is 0.224. The summed E-state index contributed by atoms with van der Waals surface area (Å²) in [5.41, 5.74) is 1.92. The Morgan fingerprint density at radius 1 is 1.19 bits per heavy atom. The van der Waals surface area contributed by atoms with Crippen molar-refractivity contribution >= 4 is 6.08 Å². The van der Waals surface area contributed by atoms with Crippen molar-refractivity contribution in [2.45, 2.75) is 38.5 Å². The van der Waals surface area contributed by atoms with E-state index in [9.17, 15) is 10.1 Å². The Morgan fingerprint density at radius 3 is 2.57 bits per heavy atom. The summed E-state index contributed by atoms with van der Waals surface area (Å²) in [5.74, 6) is 0.750. The van der Waals surface area contributed by atoms with Crippen LogP contribution >= 0.6 is 0 Å². The summed E-state index contributed by atoms with van der Waals surface area (Å²) in [5, 5.41) is 11.4. The molecule has 0 radical (unpaired) electrons. The molecule has 0 heterocycles. The molecule has 1 aliphatic rings. The molecule has 0 amide bonds. The average Bonchev–Trinajstić information content (AvgIpc) is 2.45. The van der Waals surface area contributed by atoms with Gasteiger partial charge in [0.15, 0.2) is 0 Å². The molecule has 4 nitrogen and oxygen atoms in total. The minimum Gasteiger partial charge on any atom is -0.497 e. The number of nitrogens with zero attached hydrogens (tertiary/aromatic N) is 1. The summed E-state index contributed by atoms with van der Waals surface area (Å²) in [6, 6.07) is 7.31. The third-order valence-corrected chi connectivity index (χ3v) is 3.74. The summed E-state index contributed by atoms with van der Waals surface area (Å²) in [7, 11) is 1.60. The summed E-state index contributed by atoms with van der Waals surface area (Å²) >= 11 is 0. The number of nitro groups is 1. The molecule has 1 aromatic carbocycles. The number of ether oxygens (including phenoxy) is 1. The lowest BCUT2D eigenvalue weighted by molar-refractivity contribution is -0.419. The average molecular weight is 287 g/mol. The van der Waals surface area contributed by atoms with Crippen LogP contribution in [-0.2, 0) is 0 Å². The molecule has 0 aromatic heterocycles. The second kappa shape index (κ2) is 7.62. The maximum Gasteiger partial charge on any atom is 0.272 e. The van der Waals surface area contributed by atoms with Gasteiger partial charge in [0.05, 0.1) is 12.0 Å².